The zero-order valence-electron chi connectivity index (χ0n) is 13.8. The van der Waals surface area contributed by atoms with Crippen LogP contribution in [0.5, 0.6) is 0 Å². The van der Waals surface area contributed by atoms with Crippen molar-refractivity contribution in [1.82, 2.24) is 9.97 Å². The van der Waals surface area contributed by atoms with Crippen molar-refractivity contribution >= 4 is 5.82 Å². The average molecular weight is 279 g/mol. The van der Waals surface area contributed by atoms with Crippen LogP contribution < -0.4 is 5.32 Å². The molecule has 1 heterocycles. The predicted octanol–water partition coefficient (Wildman–Crippen LogP) is 3.83. The lowest BCUT2D eigenvalue weighted by Crippen LogP contribution is -2.29. The molecule has 0 radical (unpaired) electrons. The van der Waals surface area contributed by atoms with Gasteiger partial charge >= 0.3 is 0 Å². The minimum absolute atomic E-state index is 0.408. The third kappa shape index (κ3) is 3.69. The number of hydrogen-bond donors (Lipinski definition) is 1. The van der Waals surface area contributed by atoms with Crippen molar-refractivity contribution in [1.29, 1.82) is 0 Å². The Balaban J connectivity index is 3.25. The average Bonchev–Trinajstić information content (AvgIpc) is 2.46. The Bertz CT molecular complexity index is 434. The van der Waals surface area contributed by atoms with Gasteiger partial charge in [0.05, 0.1) is 0 Å². The molecule has 0 spiro atoms. The number of rotatable bonds is 8. The quantitative estimate of drug-likeness (QED) is 0.785. The van der Waals surface area contributed by atoms with Gasteiger partial charge in [0.25, 0.3) is 0 Å². The Morgan fingerprint density at radius 2 is 1.85 bits per heavy atom. The Morgan fingerprint density at radius 1 is 1.15 bits per heavy atom. The van der Waals surface area contributed by atoms with Crippen molar-refractivity contribution in [2.24, 2.45) is 0 Å². The number of hydrogen-bond acceptors (Lipinski definition) is 4. The molecule has 1 aromatic heterocycles. The molecule has 4 heteroatoms. The number of nitrogens with one attached hydrogen (secondary N) is 1. The second kappa shape index (κ2) is 7.58. The standard InChI is InChI=1S/C16H29N3O/c1-7-11-17-14-12(5)13(8-2)18-15(19-14)16(6,9-3)20-10-4/h7-11H2,1-6H3,(H,17,18,19). The van der Waals surface area contributed by atoms with Crippen LogP contribution in [0.2, 0.25) is 0 Å². The lowest BCUT2D eigenvalue weighted by Gasteiger charge is -2.28. The summed E-state index contributed by atoms with van der Waals surface area (Å²) < 4.78 is 5.91. The van der Waals surface area contributed by atoms with Gasteiger partial charge in [0.1, 0.15) is 11.4 Å². The highest BCUT2D eigenvalue weighted by molar-refractivity contribution is 5.46. The van der Waals surface area contributed by atoms with Crippen LogP contribution in [-0.4, -0.2) is 23.1 Å². The number of ether oxygens (including phenoxy) is 1. The summed E-state index contributed by atoms with van der Waals surface area (Å²) in [6.45, 7) is 14.2. The third-order valence-corrected chi connectivity index (χ3v) is 3.73. The molecule has 0 aliphatic rings. The van der Waals surface area contributed by atoms with Crippen molar-refractivity contribution in [3.05, 3.63) is 17.1 Å². The Hall–Kier alpha value is -1.16. The summed E-state index contributed by atoms with van der Waals surface area (Å²) >= 11 is 0. The molecule has 0 aliphatic heterocycles. The van der Waals surface area contributed by atoms with E-state index in [2.05, 4.69) is 39.9 Å². The summed E-state index contributed by atoms with van der Waals surface area (Å²) in [7, 11) is 0. The summed E-state index contributed by atoms with van der Waals surface area (Å²) in [6, 6.07) is 0. The first-order chi connectivity index (χ1) is 9.52. The molecule has 0 aliphatic carbocycles. The molecule has 1 unspecified atom stereocenters. The summed E-state index contributed by atoms with van der Waals surface area (Å²) in [5, 5.41) is 3.41. The molecule has 20 heavy (non-hydrogen) atoms. The van der Waals surface area contributed by atoms with Gasteiger partial charge in [0.2, 0.25) is 0 Å². The van der Waals surface area contributed by atoms with Crippen LogP contribution in [0, 0.1) is 6.92 Å². The zero-order valence-corrected chi connectivity index (χ0v) is 13.8. The molecule has 1 N–H and O–H groups in total. The van der Waals surface area contributed by atoms with Crippen LogP contribution >= 0.6 is 0 Å². The molecular formula is C16H29N3O. The Morgan fingerprint density at radius 3 is 2.35 bits per heavy atom. The molecule has 0 aromatic carbocycles. The summed E-state index contributed by atoms with van der Waals surface area (Å²) in [5.41, 5.74) is 1.85. The van der Waals surface area contributed by atoms with E-state index in [4.69, 9.17) is 14.7 Å². The topological polar surface area (TPSA) is 47.0 Å². The largest absolute Gasteiger partial charge is 0.370 e. The monoisotopic (exact) mass is 279 g/mol. The molecular weight excluding hydrogens is 250 g/mol. The van der Waals surface area contributed by atoms with Gasteiger partial charge < -0.3 is 10.1 Å². The number of nitrogens with zero attached hydrogens (tertiary/aromatic N) is 2. The van der Waals surface area contributed by atoms with E-state index >= 15 is 0 Å². The molecule has 114 valence electrons. The molecule has 1 atom stereocenters. The third-order valence-electron chi connectivity index (χ3n) is 3.73. The Kier molecular flexibility index (Phi) is 6.40. The van der Waals surface area contributed by atoms with Crippen LogP contribution in [0.15, 0.2) is 0 Å². The fourth-order valence-electron chi connectivity index (χ4n) is 2.20. The molecule has 1 rings (SSSR count). The number of aromatic nitrogens is 2. The highest BCUT2D eigenvalue weighted by Crippen LogP contribution is 2.29. The van der Waals surface area contributed by atoms with Crippen molar-refractivity contribution < 1.29 is 4.74 Å². The minimum atomic E-state index is -0.408. The fourth-order valence-corrected chi connectivity index (χ4v) is 2.20. The fraction of sp³-hybridized carbons (Fsp3) is 0.750. The predicted molar refractivity (Wildman–Crippen MR) is 84.2 cm³/mol. The highest BCUT2D eigenvalue weighted by Gasteiger charge is 2.29. The molecule has 0 fully saturated rings. The van der Waals surface area contributed by atoms with E-state index in [1.165, 1.54) is 0 Å². The van der Waals surface area contributed by atoms with E-state index in [0.717, 1.165) is 48.7 Å². The van der Waals surface area contributed by atoms with Gasteiger partial charge in [-0.1, -0.05) is 20.8 Å². The van der Waals surface area contributed by atoms with Crippen molar-refractivity contribution in [2.75, 3.05) is 18.5 Å². The smallest absolute Gasteiger partial charge is 0.162 e. The van der Waals surface area contributed by atoms with Gasteiger partial charge in [-0.15, -0.1) is 0 Å². The van der Waals surface area contributed by atoms with Crippen molar-refractivity contribution in [3.63, 3.8) is 0 Å². The molecule has 0 saturated heterocycles. The van der Waals surface area contributed by atoms with E-state index < -0.39 is 5.60 Å². The summed E-state index contributed by atoms with van der Waals surface area (Å²) in [5.74, 6) is 1.75. The van der Waals surface area contributed by atoms with E-state index in [1.54, 1.807) is 0 Å². The van der Waals surface area contributed by atoms with Crippen LogP contribution in [0.25, 0.3) is 0 Å². The van der Waals surface area contributed by atoms with Crippen LogP contribution in [0.3, 0.4) is 0 Å². The van der Waals surface area contributed by atoms with E-state index in [-0.39, 0.29) is 0 Å². The van der Waals surface area contributed by atoms with Gasteiger partial charge in [-0.2, -0.15) is 0 Å². The summed E-state index contributed by atoms with van der Waals surface area (Å²) in [6.07, 6.45) is 2.85. The second-order valence-corrected chi connectivity index (χ2v) is 5.27. The Labute approximate surface area is 123 Å². The molecule has 0 amide bonds. The first-order valence-electron chi connectivity index (χ1n) is 7.78. The SMILES string of the molecule is CCCNc1nc(C(C)(CC)OCC)nc(CC)c1C. The maximum Gasteiger partial charge on any atom is 0.162 e. The maximum atomic E-state index is 5.91. The molecule has 4 nitrogen and oxygen atoms in total. The first-order valence-corrected chi connectivity index (χ1v) is 7.78. The van der Waals surface area contributed by atoms with Crippen LogP contribution in [-0.2, 0) is 16.8 Å². The van der Waals surface area contributed by atoms with E-state index in [0.29, 0.717) is 6.61 Å². The van der Waals surface area contributed by atoms with Gasteiger partial charge in [0, 0.05) is 24.4 Å². The number of aryl methyl sites for hydroxylation is 1. The highest BCUT2D eigenvalue weighted by atomic mass is 16.5. The van der Waals surface area contributed by atoms with Crippen molar-refractivity contribution in [3.8, 4) is 0 Å². The normalized spacial score (nSPS) is 14.1. The lowest BCUT2D eigenvalue weighted by atomic mass is 10.0. The zero-order chi connectivity index (χ0) is 15.2. The van der Waals surface area contributed by atoms with Gasteiger partial charge in [-0.25, -0.2) is 9.97 Å². The van der Waals surface area contributed by atoms with E-state index in [1.807, 2.05) is 6.92 Å². The van der Waals surface area contributed by atoms with E-state index in [9.17, 15) is 0 Å². The van der Waals surface area contributed by atoms with Gasteiger partial charge in [-0.05, 0) is 40.0 Å². The minimum Gasteiger partial charge on any atom is -0.370 e. The van der Waals surface area contributed by atoms with Crippen LogP contribution in [0.4, 0.5) is 5.82 Å². The lowest BCUT2D eigenvalue weighted by molar-refractivity contribution is -0.0391. The summed E-state index contributed by atoms with van der Waals surface area (Å²) in [4.78, 5) is 9.48. The molecule has 1 aromatic rings. The van der Waals surface area contributed by atoms with Gasteiger partial charge in [0.15, 0.2) is 5.82 Å². The van der Waals surface area contributed by atoms with Crippen LogP contribution in [0.1, 0.15) is 64.5 Å². The van der Waals surface area contributed by atoms with Crippen molar-refractivity contribution in [2.45, 2.75) is 66.4 Å². The number of anilines is 1. The molecule has 0 bridgehead atoms. The maximum absolute atomic E-state index is 5.91. The second-order valence-electron chi connectivity index (χ2n) is 5.27. The first kappa shape index (κ1) is 16.9. The van der Waals surface area contributed by atoms with Gasteiger partial charge in [-0.3, -0.25) is 0 Å². The molecule has 0 saturated carbocycles.